The van der Waals surface area contributed by atoms with Crippen molar-refractivity contribution in [2.45, 2.75) is 18.2 Å². The fourth-order valence-corrected chi connectivity index (χ4v) is 1.26. The van der Waals surface area contributed by atoms with E-state index in [0.29, 0.717) is 11.4 Å². The minimum atomic E-state index is -0.164. The molecular formula is C11H14BrNO2. The zero-order valence-electron chi connectivity index (χ0n) is 8.79. The quantitative estimate of drug-likeness (QED) is 0.856. The summed E-state index contributed by atoms with van der Waals surface area (Å²) in [5.41, 5.74) is 0.697. The number of para-hydroxylation sites is 2. The molecule has 0 saturated heterocycles. The first-order chi connectivity index (χ1) is 7.19. The first kappa shape index (κ1) is 12.0. The standard InChI is InChI=1S/C11H14BrNO2/c1-3-8(12)11(14)13-9-6-4-5-7-10(9)15-2/h4-8H,3H2,1-2H3,(H,13,14). The fraction of sp³-hybridized carbons (Fsp3) is 0.364. The molecule has 0 spiro atoms. The molecule has 1 unspecified atom stereocenters. The van der Waals surface area contributed by atoms with Crippen LogP contribution in [0.1, 0.15) is 13.3 Å². The summed E-state index contributed by atoms with van der Waals surface area (Å²) in [4.78, 5) is 11.4. The summed E-state index contributed by atoms with van der Waals surface area (Å²) in [7, 11) is 1.58. The second-order valence-corrected chi connectivity index (χ2v) is 4.17. The SMILES string of the molecule is CCC(Br)C(=O)Nc1ccccc1OC. The number of halogens is 1. The molecule has 0 aliphatic rings. The lowest BCUT2D eigenvalue weighted by atomic mass is 10.2. The molecule has 15 heavy (non-hydrogen) atoms. The Hall–Kier alpha value is -1.03. The number of hydrogen-bond donors (Lipinski definition) is 1. The number of anilines is 1. The number of carbonyl (C=O) groups is 1. The van der Waals surface area contributed by atoms with E-state index < -0.39 is 0 Å². The van der Waals surface area contributed by atoms with Gasteiger partial charge in [0.05, 0.1) is 17.6 Å². The van der Waals surface area contributed by atoms with Crippen LogP contribution in [0, 0.1) is 0 Å². The van der Waals surface area contributed by atoms with E-state index in [1.165, 1.54) is 0 Å². The van der Waals surface area contributed by atoms with Gasteiger partial charge < -0.3 is 10.1 Å². The molecule has 1 amide bonds. The van der Waals surface area contributed by atoms with Gasteiger partial charge in [-0.25, -0.2) is 0 Å². The highest BCUT2D eigenvalue weighted by Gasteiger charge is 2.13. The fourth-order valence-electron chi connectivity index (χ4n) is 1.14. The zero-order chi connectivity index (χ0) is 11.3. The molecule has 0 heterocycles. The average molecular weight is 272 g/mol. The van der Waals surface area contributed by atoms with Crippen molar-refractivity contribution in [1.82, 2.24) is 0 Å². The topological polar surface area (TPSA) is 38.3 Å². The molecular weight excluding hydrogens is 258 g/mol. The number of amides is 1. The Morgan fingerprint density at radius 2 is 2.20 bits per heavy atom. The van der Waals surface area contributed by atoms with Crippen LogP contribution in [-0.4, -0.2) is 17.8 Å². The number of hydrogen-bond acceptors (Lipinski definition) is 2. The Bertz CT molecular complexity index is 341. The van der Waals surface area contributed by atoms with E-state index in [9.17, 15) is 4.79 Å². The molecule has 1 rings (SSSR count). The van der Waals surface area contributed by atoms with E-state index >= 15 is 0 Å². The second-order valence-electron chi connectivity index (χ2n) is 3.07. The Morgan fingerprint density at radius 1 is 1.53 bits per heavy atom. The van der Waals surface area contributed by atoms with Crippen molar-refractivity contribution >= 4 is 27.5 Å². The Balaban J connectivity index is 2.76. The third-order valence-corrected chi connectivity index (χ3v) is 3.07. The maximum absolute atomic E-state index is 11.6. The van der Waals surface area contributed by atoms with Crippen LogP contribution >= 0.6 is 15.9 Å². The van der Waals surface area contributed by atoms with Gasteiger partial charge in [-0.3, -0.25) is 4.79 Å². The van der Waals surface area contributed by atoms with Gasteiger partial charge in [0.1, 0.15) is 5.75 Å². The molecule has 0 bridgehead atoms. The molecule has 0 aliphatic carbocycles. The second kappa shape index (κ2) is 5.75. The van der Waals surface area contributed by atoms with E-state index in [-0.39, 0.29) is 10.7 Å². The van der Waals surface area contributed by atoms with E-state index in [0.717, 1.165) is 6.42 Å². The van der Waals surface area contributed by atoms with Gasteiger partial charge in [0.25, 0.3) is 0 Å². The van der Waals surface area contributed by atoms with Crippen molar-refractivity contribution in [3.8, 4) is 5.75 Å². The molecule has 1 N–H and O–H groups in total. The average Bonchev–Trinajstić information content (AvgIpc) is 2.28. The highest BCUT2D eigenvalue weighted by molar-refractivity contribution is 9.10. The minimum Gasteiger partial charge on any atom is -0.495 e. The molecule has 82 valence electrons. The van der Waals surface area contributed by atoms with Crippen LogP contribution in [0.3, 0.4) is 0 Å². The number of carbonyl (C=O) groups excluding carboxylic acids is 1. The molecule has 3 nitrogen and oxygen atoms in total. The summed E-state index contributed by atoms with van der Waals surface area (Å²) in [5.74, 6) is 0.614. The van der Waals surface area contributed by atoms with Gasteiger partial charge in [0, 0.05) is 0 Å². The van der Waals surface area contributed by atoms with Crippen LogP contribution in [0.15, 0.2) is 24.3 Å². The number of ether oxygens (including phenoxy) is 1. The molecule has 0 saturated carbocycles. The number of benzene rings is 1. The molecule has 0 aliphatic heterocycles. The molecule has 0 fully saturated rings. The van der Waals surface area contributed by atoms with Crippen LogP contribution in [0.5, 0.6) is 5.75 Å². The maximum Gasteiger partial charge on any atom is 0.238 e. The first-order valence-electron chi connectivity index (χ1n) is 4.77. The largest absolute Gasteiger partial charge is 0.495 e. The molecule has 1 aromatic rings. The van der Waals surface area contributed by atoms with Crippen LogP contribution in [0.4, 0.5) is 5.69 Å². The zero-order valence-corrected chi connectivity index (χ0v) is 10.4. The highest BCUT2D eigenvalue weighted by atomic mass is 79.9. The van der Waals surface area contributed by atoms with Crippen molar-refractivity contribution in [2.75, 3.05) is 12.4 Å². The Morgan fingerprint density at radius 3 is 2.80 bits per heavy atom. The molecule has 0 radical (unpaired) electrons. The van der Waals surface area contributed by atoms with Gasteiger partial charge in [0.15, 0.2) is 0 Å². The molecule has 1 atom stereocenters. The molecule has 4 heteroatoms. The third kappa shape index (κ3) is 3.23. The van der Waals surface area contributed by atoms with Gasteiger partial charge in [-0.2, -0.15) is 0 Å². The van der Waals surface area contributed by atoms with Gasteiger partial charge in [0.2, 0.25) is 5.91 Å². The lowest BCUT2D eigenvalue weighted by Gasteiger charge is -2.11. The van der Waals surface area contributed by atoms with Crippen LogP contribution in [-0.2, 0) is 4.79 Å². The van der Waals surface area contributed by atoms with Gasteiger partial charge in [-0.1, -0.05) is 35.0 Å². The summed E-state index contributed by atoms with van der Waals surface area (Å²) < 4.78 is 5.13. The summed E-state index contributed by atoms with van der Waals surface area (Å²) >= 11 is 3.29. The van der Waals surface area contributed by atoms with Crippen LogP contribution in [0.2, 0.25) is 0 Å². The van der Waals surface area contributed by atoms with Crippen molar-refractivity contribution in [2.24, 2.45) is 0 Å². The van der Waals surface area contributed by atoms with Crippen molar-refractivity contribution in [1.29, 1.82) is 0 Å². The van der Waals surface area contributed by atoms with Gasteiger partial charge >= 0.3 is 0 Å². The van der Waals surface area contributed by atoms with E-state index in [2.05, 4.69) is 21.2 Å². The predicted octanol–water partition coefficient (Wildman–Crippen LogP) is 2.81. The number of methoxy groups -OCH3 is 1. The Labute approximate surface area is 97.9 Å². The maximum atomic E-state index is 11.6. The van der Waals surface area contributed by atoms with E-state index in [4.69, 9.17) is 4.74 Å². The monoisotopic (exact) mass is 271 g/mol. The van der Waals surface area contributed by atoms with E-state index in [1.54, 1.807) is 7.11 Å². The van der Waals surface area contributed by atoms with E-state index in [1.807, 2.05) is 31.2 Å². The first-order valence-corrected chi connectivity index (χ1v) is 5.68. The minimum absolute atomic E-state index is 0.0537. The Kier molecular flexibility index (Phi) is 4.62. The van der Waals surface area contributed by atoms with Crippen molar-refractivity contribution in [3.63, 3.8) is 0 Å². The lowest BCUT2D eigenvalue weighted by Crippen LogP contribution is -2.22. The third-order valence-electron chi connectivity index (χ3n) is 2.01. The summed E-state index contributed by atoms with van der Waals surface area (Å²) in [6.45, 7) is 1.95. The lowest BCUT2D eigenvalue weighted by molar-refractivity contribution is -0.115. The van der Waals surface area contributed by atoms with Gasteiger partial charge in [-0.05, 0) is 18.6 Å². The summed E-state index contributed by atoms with van der Waals surface area (Å²) in [6.07, 6.45) is 0.751. The smallest absolute Gasteiger partial charge is 0.238 e. The van der Waals surface area contributed by atoms with Crippen LogP contribution < -0.4 is 10.1 Å². The number of alkyl halides is 1. The van der Waals surface area contributed by atoms with Crippen molar-refractivity contribution < 1.29 is 9.53 Å². The normalized spacial score (nSPS) is 11.9. The predicted molar refractivity (Wildman–Crippen MR) is 64.6 cm³/mol. The highest BCUT2D eigenvalue weighted by Crippen LogP contribution is 2.23. The van der Waals surface area contributed by atoms with Crippen molar-refractivity contribution in [3.05, 3.63) is 24.3 Å². The molecule has 1 aromatic carbocycles. The molecule has 0 aromatic heterocycles. The summed E-state index contributed by atoms with van der Waals surface area (Å²) in [5, 5.41) is 2.80. The number of rotatable bonds is 4. The summed E-state index contributed by atoms with van der Waals surface area (Å²) in [6, 6.07) is 7.34. The number of nitrogens with one attached hydrogen (secondary N) is 1. The van der Waals surface area contributed by atoms with Gasteiger partial charge in [-0.15, -0.1) is 0 Å². The van der Waals surface area contributed by atoms with Crippen LogP contribution in [0.25, 0.3) is 0 Å².